The highest BCUT2D eigenvalue weighted by molar-refractivity contribution is 5.81. The van der Waals surface area contributed by atoms with Gasteiger partial charge in [-0.05, 0) is 19.8 Å². The van der Waals surface area contributed by atoms with Crippen LogP contribution in [-0.2, 0) is 11.8 Å². The second-order valence-electron chi connectivity index (χ2n) is 4.96. The number of carbonyl (C=O) groups excluding carboxylic acids is 1. The van der Waals surface area contributed by atoms with Crippen LogP contribution in [0.2, 0.25) is 0 Å². The number of carbonyl (C=O) groups is 1. The van der Waals surface area contributed by atoms with Crippen molar-refractivity contribution in [3.8, 4) is 6.07 Å². The van der Waals surface area contributed by atoms with E-state index in [-0.39, 0.29) is 12.5 Å². The summed E-state index contributed by atoms with van der Waals surface area (Å²) in [7, 11) is 3.62. The molecule has 102 valence electrons. The van der Waals surface area contributed by atoms with Gasteiger partial charge in [0.15, 0.2) is 0 Å². The molecule has 1 aliphatic rings. The SMILES string of the molecule is Cc1nn(C)c(N(C)CC(=O)N2CCCC2)c1C#N. The number of anilines is 1. The summed E-state index contributed by atoms with van der Waals surface area (Å²) in [5.41, 5.74) is 1.24. The smallest absolute Gasteiger partial charge is 0.242 e. The normalized spacial score (nSPS) is 14.5. The molecule has 0 spiro atoms. The van der Waals surface area contributed by atoms with Gasteiger partial charge in [0.25, 0.3) is 0 Å². The lowest BCUT2D eigenvalue weighted by Crippen LogP contribution is -2.38. The Hall–Kier alpha value is -2.03. The van der Waals surface area contributed by atoms with Crippen LogP contribution in [0.4, 0.5) is 5.82 Å². The van der Waals surface area contributed by atoms with Gasteiger partial charge in [-0.2, -0.15) is 10.4 Å². The van der Waals surface area contributed by atoms with Crippen molar-refractivity contribution in [2.45, 2.75) is 19.8 Å². The monoisotopic (exact) mass is 261 g/mol. The Balaban J connectivity index is 2.14. The van der Waals surface area contributed by atoms with E-state index in [2.05, 4.69) is 11.2 Å². The van der Waals surface area contributed by atoms with E-state index >= 15 is 0 Å². The van der Waals surface area contributed by atoms with Crippen molar-refractivity contribution in [3.63, 3.8) is 0 Å². The number of rotatable bonds is 3. The Morgan fingerprint density at radius 1 is 1.47 bits per heavy atom. The van der Waals surface area contributed by atoms with Gasteiger partial charge < -0.3 is 9.80 Å². The average molecular weight is 261 g/mol. The van der Waals surface area contributed by atoms with E-state index in [9.17, 15) is 10.1 Å². The lowest BCUT2D eigenvalue weighted by atomic mass is 10.2. The fraction of sp³-hybridized carbons (Fsp3) is 0.615. The van der Waals surface area contributed by atoms with E-state index in [1.165, 1.54) is 0 Å². The maximum atomic E-state index is 12.1. The fourth-order valence-corrected chi connectivity index (χ4v) is 2.56. The van der Waals surface area contributed by atoms with Crippen LogP contribution >= 0.6 is 0 Å². The van der Waals surface area contributed by atoms with Crippen LogP contribution in [0.3, 0.4) is 0 Å². The molecule has 19 heavy (non-hydrogen) atoms. The van der Waals surface area contributed by atoms with E-state index < -0.39 is 0 Å². The van der Waals surface area contributed by atoms with Crippen molar-refractivity contribution in [1.82, 2.24) is 14.7 Å². The molecule has 1 aromatic heterocycles. The zero-order valence-corrected chi connectivity index (χ0v) is 11.7. The first-order valence-corrected chi connectivity index (χ1v) is 6.47. The molecule has 2 heterocycles. The van der Waals surface area contributed by atoms with Crippen molar-refractivity contribution in [3.05, 3.63) is 11.3 Å². The Kier molecular flexibility index (Phi) is 3.74. The molecule has 0 atom stereocenters. The van der Waals surface area contributed by atoms with Crippen LogP contribution in [0.1, 0.15) is 24.1 Å². The summed E-state index contributed by atoms with van der Waals surface area (Å²) in [6.45, 7) is 3.79. The van der Waals surface area contributed by atoms with Crippen LogP contribution in [0.25, 0.3) is 0 Å². The lowest BCUT2D eigenvalue weighted by molar-refractivity contribution is -0.128. The van der Waals surface area contributed by atoms with Crippen molar-refractivity contribution in [1.29, 1.82) is 5.26 Å². The number of hydrogen-bond donors (Lipinski definition) is 0. The molecular weight excluding hydrogens is 242 g/mol. The molecule has 0 radical (unpaired) electrons. The third kappa shape index (κ3) is 2.55. The Labute approximate surface area is 113 Å². The van der Waals surface area contributed by atoms with E-state index in [4.69, 9.17) is 0 Å². The molecule has 0 aromatic carbocycles. The standard InChI is InChI=1S/C13H19N5O/c1-10-11(8-14)13(17(3)15-10)16(2)9-12(19)18-6-4-5-7-18/h4-7,9H2,1-3H3. The molecular formula is C13H19N5O. The third-order valence-corrected chi connectivity index (χ3v) is 3.50. The molecule has 2 rings (SSSR count). The molecule has 0 N–H and O–H groups in total. The molecule has 1 amide bonds. The maximum Gasteiger partial charge on any atom is 0.242 e. The largest absolute Gasteiger partial charge is 0.349 e. The highest BCUT2D eigenvalue weighted by Gasteiger charge is 2.22. The summed E-state index contributed by atoms with van der Waals surface area (Å²) in [6.07, 6.45) is 2.17. The first-order chi connectivity index (χ1) is 9.04. The van der Waals surface area contributed by atoms with Gasteiger partial charge in [0.1, 0.15) is 17.5 Å². The molecule has 0 aliphatic carbocycles. The maximum absolute atomic E-state index is 12.1. The molecule has 1 aliphatic heterocycles. The first-order valence-electron chi connectivity index (χ1n) is 6.47. The van der Waals surface area contributed by atoms with Gasteiger partial charge in [0.2, 0.25) is 5.91 Å². The summed E-state index contributed by atoms with van der Waals surface area (Å²) in [5, 5.41) is 13.4. The average Bonchev–Trinajstić information content (AvgIpc) is 2.96. The number of amides is 1. The topological polar surface area (TPSA) is 65.2 Å². The van der Waals surface area contributed by atoms with Crippen LogP contribution in [0.15, 0.2) is 0 Å². The minimum atomic E-state index is 0.114. The van der Waals surface area contributed by atoms with E-state index in [1.807, 2.05) is 11.9 Å². The van der Waals surface area contributed by atoms with E-state index in [0.717, 1.165) is 25.9 Å². The van der Waals surface area contributed by atoms with E-state index in [1.54, 1.807) is 23.6 Å². The molecule has 1 aromatic rings. The summed E-state index contributed by atoms with van der Waals surface area (Å²) in [5.74, 6) is 0.815. The summed E-state index contributed by atoms with van der Waals surface area (Å²) in [6, 6.07) is 2.16. The van der Waals surface area contributed by atoms with Crippen LogP contribution in [0.5, 0.6) is 0 Å². The van der Waals surface area contributed by atoms with Gasteiger partial charge in [0.05, 0.1) is 12.2 Å². The van der Waals surface area contributed by atoms with Crippen LogP contribution in [-0.4, -0.2) is 47.3 Å². The summed E-state index contributed by atoms with van der Waals surface area (Å²) < 4.78 is 1.66. The van der Waals surface area contributed by atoms with Crippen LogP contribution in [0, 0.1) is 18.3 Å². The number of aromatic nitrogens is 2. The second-order valence-corrected chi connectivity index (χ2v) is 4.96. The minimum Gasteiger partial charge on any atom is -0.349 e. The molecule has 1 saturated heterocycles. The number of nitrogens with zero attached hydrogens (tertiary/aromatic N) is 5. The quantitative estimate of drug-likeness (QED) is 0.801. The minimum absolute atomic E-state index is 0.114. The number of likely N-dealkylation sites (N-methyl/N-ethyl adjacent to an activating group) is 1. The predicted molar refractivity (Wildman–Crippen MR) is 71.7 cm³/mol. The summed E-state index contributed by atoms with van der Waals surface area (Å²) in [4.78, 5) is 15.8. The number of hydrogen-bond acceptors (Lipinski definition) is 4. The molecule has 0 bridgehead atoms. The Bertz CT molecular complexity index is 522. The third-order valence-electron chi connectivity index (χ3n) is 3.50. The van der Waals surface area contributed by atoms with Crippen molar-refractivity contribution in [2.24, 2.45) is 7.05 Å². The van der Waals surface area contributed by atoms with Gasteiger partial charge in [-0.1, -0.05) is 0 Å². The second kappa shape index (κ2) is 5.31. The molecule has 0 saturated carbocycles. The van der Waals surface area contributed by atoms with Gasteiger partial charge in [-0.3, -0.25) is 9.48 Å². The zero-order valence-electron chi connectivity index (χ0n) is 11.7. The van der Waals surface area contributed by atoms with Gasteiger partial charge >= 0.3 is 0 Å². The van der Waals surface area contributed by atoms with Crippen molar-refractivity contribution in [2.75, 3.05) is 31.6 Å². The number of likely N-dealkylation sites (tertiary alicyclic amines) is 1. The molecule has 6 heteroatoms. The highest BCUT2D eigenvalue weighted by atomic mass is 16.2. The first kappa shape index (κ1) is 13.4. The zero-order chi connectivity index (χ0) is 14.0. The van der Waals surface area contributed by atoms with Crippen molar-refractivity contribution < 1.29 is 4.79 Å². The fourth-order valence-electron chi connectivity index (χ4n) is 2.56. The number of aryl methyl sites for hydroxylation is 2. The van der Waals surface area contributed by atoms with Gasteiger partial charge in [0, 0.05) is 27.2 Å². The Morgan fingerprint density at radius 2 is 2.11 bits per heavy atom. The summed E-state index contributed by atoms with van der Waals surface area (Å²) >= 11 is 0. The molecule has 0 unspecified atom stereocenters. The van der Waals surface area contributed by atoms with Gasteiger partial charge in [-0.25, -0.2) is 0 Å². The Morgan fingerprint density at radius 3 is 2.68 bits per heavy atom. The van der Waals surface area contributed by atoms with E-state index in [0.29, 0.717) is 17.1 Å². The van der Waals surface area contributed by atoms with Gasteiger partial charge in [-0.15, -0.1) is 0 Å². The lowest BCUT2D eigenvalue weighted by Gasteiger charge is -2.22. The molecule has 6 nitrogen and oxygen atoms in total. The van der Waals surface area contributed by atoms with Crippen LogP contribution < -0.4 is 4.90 Å². The molecule has 1 fully saturated rings. The number of nitriles is 1. The predicted octanol–water partition coefficient (Wildman–Crippen LogP) is 0.659. The highest BCUT2D eigenvalue weighted by Crippen LogP contribution is 2.21. The van der Waals surface area contributed by atoms with Crippen molar-refractivity contribution >= 4 is 11.7 Å².